The molecular weight excluding hydrogens is 338 g/mol. The van der Waals surface area contributed by atoms with Crippen LogP contribution < -0.4 is 5.32 Å². The number of non-ortho nitro benzene ring substituents is 1. The average Bonchev–Trinajstić information content (AvgIpc) is 2.54. The summed E-state index contributed by atoms with van der Waals surface area (Å²) in [6.07, 6.45) is 2.61. The maximum atomic E-state index is 11.9. The molecule has 0 radical (unpaired) electrons. The van der Waals surface area contributed by atoms with Gasteiger partial charge >= 0.3 is 0 Å². The summed E-state index contributed by atoms with van der Waals surface area (Å²) in [5.74, 6) is -0.633. The lowest BCUT2D eigenvalue weighted by atomic mass is 10.2. The van der Waals surface area contributed by atoms with Gasteiger partial charge in [0.25, 0.3) is 11.4 Å². The summed E-state index contributed by atoms with van der Waals surface area (Å²) in [4.78, 5) is 32.0. The molecule has 0 saturated heterocycles. The molecule has 1 N–H and O–H groups in total. The third-order valence-electron chi connectivity index (χ3n) is 2.97. The van der Waals surface area contributed by atoms with Crippen molar-refractivity contribution in [1.29, 1.82) is 0 Å². The van der Waals surface area contributed by atoms with Gasteiger partial charge in [-0.2, -0.15) is 0 Å². The van der Waals surface area contributed by atoms with Crippen LogP contribution in [0.3, 0.4) is 0 Å². The third kappa shape index (κ3) is 4.14. The molecule has 0 spiro atoms. The number of rotatable bonds is 5. The lowest BCUT2D eigenvalue weighted by Gasteiger charge is -2.03. The molecule has 0 fully saturated rings. The first-order valence-electron chi connectivity index (χ1n) is 6.55. The monoisotopic (exact) mass is 347 g/mol. The van der Waals surface area contributed by atoms with Crippen molar-refractivity contribution in [1.82, 2.24) is 0 Å². The Hall–Kier alpha value is -3.26. The fourth-order valence-corrected chi connectivity index (χ4v) is 2.04. The van der Waals surface area contributed by atoms with Crippen LogP contribution in [0.5, 0.6) is 0 Å². The topological polar surface area (TPSA) is 115 Å². The molecule has 0 aliphatic rings. The SMILES string of the molecule is O=C(C=Cc1ccccc1Cl)Nc1ccc([N+](=O)[O-])cc1[N+](=O)[O-]. The molecule has 0 aliphatic carbocycles. The Morgan fingerprint density at radius 3 is 2.42 bits per heavy atom. The maximum absolute atomic E-state index is 11.9. The molecule has 24 heavy (non-hydrogen) atoms. The van der Waals surface area contributed by atoms with Crippen LogP contribution in [-0.4, -0.2) is 15.8 Å². The van der Waals surface area contributed by atoms with Crippen LogP contribution in [0.15, 0.2) is 48.5 Å². The van der Waals surface area contributed by atoms with E-state index in [2.05, 4.69) is 5.32 Å². The number of nitrogens with one attached hydrogen (secondary N) is 1. The van der Waals surface area contributed by atoms with Crippen molar-refractivity contribution in [3.63, 3.8) is 0 Å². The zero-order valence-corrected chi connectivity index (χ0v) is 12.8. The number of carbonyl (C=O) groups is 1. The minimum absolute atomic E-state index is 0.139. The molecule has 0 heterocycles. The van der Waals surface area contributed by atoms with Gasteiger partial charge in [0.05, 0.1) is 15.9 Å². The Morgan fingerprint density at radius 1 is 1.08 bits per heavy atom. The fourth-order valence-electron chi connectivity index (χ4n) is 1.84. The molecule has 0 unspecified atom stereocenters. The predicted octanol–water partition coefficient (Wildman–Crippen LogP) is 3.81. The van der Waals surface area contributed by atoms with Gasteiger partial charge in [0.1, 0.15) is 5.69 Å². The average molecular weight is 348 g/mol. The molecule has 0 saturated carbocycles. The highest BCUT2D eigenvalue weighted by atomic mass is 35.5. The normalized spacial score (nSPS) is 10.5. The number of nitro benzene ring substituents is 2. The van der Waals surface area contributed by atoms with Gasteiger partial charge < -0.3 is 5.32 Å². The van der Waals surface area contributed by atoms with Gasteiger partial charge in [0.15, 0.2) is 0 Å². The Labute approximate surface area is 140 Å². The van der Waals surface area contributed by atoms with E-state index >= 15 is 0 Å². The van der Waals surface area contributed by atoms with E-state index in [4.69, 9.17) is 11.6 Å². The van der Waals surface area contributed by atoms with Crippen LogP contribution in [0.1, 0.15) is 5.56 Å². The summed E-state index contributed by atoms with van der Waals surface area (Å²) in [6.45, 7) is 0. The van der Waals surface area contributed by atoms with Crippen molar-refractivity contribution in [3.05, 3.63) is 79.4 Å². The van der Waals surface area contributed by atoms with Gasteiger partial charge in [-0.25, -0.2) is 0 Å². The first-order chi connectivity index (χ1) is 11.4. The van der Waals surface area contributed by atoms with Crippen LogP contribution >= 0.6 is 11.6 Å². The molecule has 0 atom stereocenters. The van der Waals surface area contributed by atoms with Crippen molar-refractivity contribution in [2.24, 2.45) is 0 Å². The number of carbonyl (C=O) groups excluding carboxylic acids is 1. The summed E-state index contributed by atoms with van der Waals surface area (Å²) in [6, 6.07) is 9.79. The van der Waals surface area contributed by atoms with Crippen LogP contribution in [-0.2, 0) is 4.79 Å². The summed E-state index contributed by atoms with van der Waals surface area (Å²) < 4.78 is 0. The lowest BCUT2D eigenvalue weighted by molar-refractivity contribution is -0.393. The first kappa shape index (κ1) is 17.1. The third-order valence-corrected chi connectivity index (χ3v) is 3.31. The molecule has 2 aromatic carbocycles. The Morgan fingerprint density at radius 2 is 1.79 bits per heavy atom. The van der Waals surface area contributed by atoms with E-state index in [1.54, 1.807) is 24.3 Å². The highest BCUT2D eigenvalue weighted by molar-refractivity contribution is 6.32. The van der Waals surface area contributed by atoms with Crippen molar-refractivity contribution < 1.29 is 14.6 Å². The molecule has 0 aliphatic heterocycles. The smallest absolute Gasteiger partial charge is 0.299 e. The van der Waals surface area contributed by atoms with Crippen molar-refractivity contribution in [2.75, 3.05) is 5.32 Å². The van der Waals surface area contributed by atoms with E-state index in [-0.39, 0.29) is 5.69 Å². The quantitative estimate of drug-likeness (QED) is 0.501. The molecular formula is C15H10ClN3O5. The van der Waals surface area contributed by atoms with Crippen molar-refractivity contribution in [3.8, 4) is 0 Å². The second-order valence-corrected chi connectivity index (χ2v) is 4.97. The number of nitrogens with zero attached hydrogens (tertiary/aromatic N) is 2. The fraction of sp³-hybridized carbons (Fsp3) is 0. The number of anilines is 1. The number of halogens is 1. The summed E-state index contributed by atoms with van der Waals surface area (Å²) in [7, 11) is 0. The van der Waals surface area contributed by atoms with Gasteiger partial charge in [-0.05, 0) is 23.8 Å². The van der Waals surface area contributed by atoms with E-state index in [0.29, 0.717) is 10.6 Å². The molecule has 0 bridgehead atoms. The van der Waals surface area contributed by atoms with Crippen LogP contribution in [0, 0.1) is 20.2 Å². The minimum Gasteiger partial charge on any atom is -0.317 e. The van der Waals surface area contributed by atoms with E-state index < -0.39 is 27.1 Å². The van der Waals surface area contributed by atoms with Gasteiger partial charge in [0, 0.05) is 17.2 Å². The zero-order chi connectivity index (χ0) is 17.7. The molecule has 0 aromatic heterocycles. The highest BCUT2D eigenvalue weighted by Gasteiger charge is 2.20. The van der Waals surface area contributed by atoms with Crippen LogP contribution in [0.2, 0.25) is 5.02 Å². The molecule has 122 valence electrons. The molecule has 9 heteroatoms. The van der Waals surface area contributed by atoms with Crippen molar-refractivity contribution in [2.45, 2.75) is 0 Å². The van der Waals surface area contributed by atoms with E-state index in [1.165, 1.54) is 6.08 Å². The standard InChI is InChI=1S/C15H10ClN3O5/c16-12-4-2-1-3-10(12)5-8-15(20)17-13-7-6-11(18(21)22)9-14(13)19(23)24/h1-9H,(H,17,20). The van der Waals surface area contributed by atoms with Crippen LogP contribution in [0.4, 0.5) is 17.1 Å². The minimum atomic E-state index is -0.805. The highest BCUT2D eigenvalue weighted by Crippen LogP contribution is 2.29. The molecule has 2 aromatic rings. The van der Waals surface area contributed by atoms with E-state index in [9.17, 15) is 25.0 Å². The molecule has 1 amide bonds. The number of benzene rings is 2. The van der Waals surface area contributed by atoms with E-state index in [1.807, 2.05) is 0 Å². The second kappa shape index (κ2) is 7.34. The lowest BCUT2D eigenvalue weighted by Crippen LogP contribution is -2.09. The summed E-state index contributed by atoms with van der Waals surface area (Å²) in [5, 5.41) is 24.4. The van der Waals surface area contributed by atoms with Gasteiger partial charge in [-0.15, -0.1) is 0 Å². The van der Waals surface area contributed by atoms with E-state index in [0.717, 1.165) is 24.3 Å². The predicted molar refractivity (Wildman–Crippen MR) is 88.9 cm³/mol. The Balaban J connectivity index is 2.21. The van der Waals surface area contributed by atoms with Gasteiger partial charge in [-0.3, -0.25) is 25.0 Å². The second-order valence-electron chi connectivity index (χ2n) is 4.56. The summed E-state index contributed by atoms with van der Waals surface area (Å²) in [5.41, 5.74) is -0.540. The number of amides is 1. The Kier molecular flexibility index (Phi) is 5.23. The van der Waals surface area contributed by atoms with Gasteiger partial charge in [-0.1, -0.05) is 29.8 Å². The van der Waals surface area contributed by atoms with Crippen LogP contribution in [0.25, 0.3) is 6.08 Å². The van der Waals surface area contributed by atoms with Crippen molar-refractivity contribution >= 4 is 40.6 Å². The van der Waals surface area contributed by atoms with Gasteiger partial charge in [0.2, 0.25) is 5.91 Å². The Bertz CT molecular complexity index is 851. The number of nitro groups is 2. The first-order valence-corrected chi connectivity index (χ1v) is 6.92. The summed E-state index contributed by atoms with van der Waals surface area (Å²) >= 11 is 5.95. The molecule has 2 rings (SSSR count). The maximum Gasteiger partial charge on any atom is 0.299 e. The largest absolute Gasteiger partial charge is 0.317 e. The zero-order valence-electron chi connectivity index (χ0n) is 12.0. The number of hydrogen-bond donors (Lipinski definition) is 1. The number of hydrogen-bond acceptors (Lipinski definition) is 5. The molecule has 8 nitrogen and oxygen atoms in total.